The Morgan fingerprint density at radius 2 is 1.00 bits per heavy atom. The van der Waals surface area contributed by atoms with Crippen LogP contribution in [0.2, 0.25) is 0 Å². The monoisotopic (exact) mass is 956 g/mol. The van der Waals surface area contributed by atoms with E-state index in [1.54, 1.807) is 11.8 Å². The van der Waals surface area contributed by atoms with Gasteiger partial charge in [0, 0.05) is 74.0 Å². The molecule has 0 aliphatic heterocycles. The van der Waals surface area contributed by atoms with Gasteiger partial charge in [-0.05, 0) is 64.0 Å². The molecule has 3 N–H and O–H groups in total. The minimum atomic E-state index is -4.31. The number of nitro benzene ring substituents is 6. The zero-order valence-corrected chi connectivity index (χ0v) is 38.7. The van der Waals surface area contributed by atoms with Crippen molar-refractivity contribution in [3.8, 4) is 0 Å². The maximum Gasteiger partial charge on any atom is 0.301 e. The van der Waals surface area contributed by atoms with Crippen LogP contribution in [0, 0.1) is 81.5 Å². The Morgan fingerprint density at radius 1 is 0.631 bits per heavy atom. The number of nitro groups is 6. The van der Waals surface area contributed by atoms with Crippen molar-refractivity contribution < 1.29 is 42.8 Å². The number of sulfonamides is 1. The van der Waals surface area contributed by atoms with Crippen molar-refractivity contribution in [2.24, 2.45) is 5.14 Å². The van der Waals surface area contributed by atoms with Crippen molar-refractivity contribution in [1.82, 2.24) is 5.32 Å². The zero-order valence-electron chi connectivity index (χ0n) is 37.1. The Labute approximate surface area is 378 Å². The lowest BCUT2D eigenvalue weighted by atomic mass is 9.99. The van der Waals surface area contributed by atoms with Crippen molar-refractivity contribution in [3.05, 3.63) is 113 Å². The number of alkyl halides is 1. The van der Waals surface area contributed by atoms with Gasteiger partial charge in [-0.25, -0.2) is 13.6 Å². The molecule has 27 heteroatoms. The molecular weight excluding hydrogens is 904 g/mol. The number of halogens is 1. The van der Waals surface area contributed by atoms with Gasteiger partial charge in [0.25, 0.3) is 28.7 Å². The summed E-state index contributed by atoms with van der Waals surface area (Å²) in [7, 11) is -4.31. The van der Waals surface area contributed by atoms with Crippen LogP contribution in [-0.4, -0.2) is 82.0 Å². The fourth-order valence-corrected chi connectivity index (χ4v) is 7.25. The maximum absolute atomic E-state index is 12.4. The predicted octanol–water partition coefficient (Wildman–Crippen LogP) is 8.08. The standard InChI is InChI=1S/C14H19N3O5.C12H16ClN3O4.C12H18N4O6S/c1-5-10(6-2)15-14(18)12-11(16(19)20)7-8(3)9(4)13(12)17(21)22;1-3-5-14(6-4-13)12-10(15(17)18)7-9(2)8-11(12)16(19)20;1-3-5-14(6-4-2)12-10(15(17)18)7-9(23(13,21)22)8-11(12)16(19)20/h7,10H,5-6H2,1-4H3,(H,15,18);7-8H,3-6H2,1-2H3;7-8H,3-6H2,1-2H3,(H2,13,21,22). The van der Waals surface area contributed by atoms with E-state index in [1.165, 1.54) is 36.9 Å². The minimum absolute atomic E-state index is 0.0353. The Bertz CT molecular complexity index is 2300. The molecule has 3 rings (SSSR count). The van der Waals surface area contributed by atoms with E-state index < -0.39 is 78.7 Å². The van der Waals surface area contributed by atoms with Crippen molar-refractivity contribution >= 4 is 73.0 Å². The third kappa shape index (κ3) is 15.2. The van der Waals surface area contributed by atoms with E-state index in [9.17, 15) is 73.9 Å². The van der Waals surface area contributed by atoms with Crippen LogP contribution >= 0.6 is 11.6 Å². The normalized spacial score (nSPS) is 10.8. The minimum Gasteiger partial charge on any atom is -0.360 e. The number of nitrogens with zero attached hydrogens (tertiary/aromatic N) is 8. The van der Waals surface area contributed by atoms with Crippen LogP contribution in [0.3, 0.4) is 0 Å². The summed E-state index contributed by atoms with van der Waals surface area (Å²) < 4.78 is 22.9. The summed E-state index contributed by atoms with van der Waals surface area (Å²) in [5, 5.41) is 75.1. The second kappa shape index (κ2) is 25.6. The van der Waals surface area contributed by atoms with Crippen LogP contribution < -0.4 is 20.3 Å². The number of hydrogen-bond donors (Lipinski definition) is 2. The molecule has 0 aliphatic carbocycles. The van der Waals surface area contributed by atoms with E-state index in [-0.39, 0.29) is 40.2 Å². The Kier molecular flexibility index (Phi) is 22.2. The fraction of sp³-hybridized carbons (Fsp3) is 0.500. The van der Waals surface area contributed by atoms with Gasteiger partial charge in [0.15, 0.2) is 16.9 Å². The maximum atomic E-state index is 12.4. The number of rotatable bonds is 21. The molecule has 0 atom stereocenters. The van der Waals surface area contributed by atoms with E-state index in [2.05, 4.69) is 5.32 Å². The number of primary sulfonamides is 1. The van der Waals surface area contributed by atoms with Crippen molar-refractivity contribution in [1.29, 1.82) is 0 Å². The van der Waals surface area contributed by atoms with Gasteiger partial charge >= 0.3 is 11.4 Å². The first-order valence-corrected chi connectivity index (χ1v) is 22.1. The van der Waals surface area contributed by atoms with Gasteiger partial charge in [0.1, 0.15) is 0 Å². The number of nitrogens with one attached hydrogen (secondary N) is 1. The van der Waals surface area contributed by atoms with Crippen LogP contribution in [-0.2, 0) is 10.0 Å². The number of carbonyl (C=O) groups is 1. The van der Waals surface area contributed by atoms with Crippen LogP contribution in [0.4, 0.5) is 45.5 Å². The van der Waals surface area contributed by atoms with Crippen LogP contribution in [0.1, 0.15) is 93.8 Å². The highest BCUT2D eigenvalue weighted by Gasteiger charge is 2.36. The molecule has 0 saturated carbocycles. The highest BCUT2D eigenvalue weighted by Crippen LogP contribution is 2.41. The van der Waals surface area contributed by atoms with E-state index >= 15 is 0 Å². The average Bonchev–Trinajstić information content (AvgIpc) is 3.22. The number of anilines is 2. The first-order chi connectivity index (χ1) is 30.3. The van der Waals surface area contributed by atoms with Gasteiger partial charge in [0.2, 0.25) is 10.0 Å². The molecule has 3 aromatic carbocycles. The van der Waals surface area contributed by atoms with E-state index in [4.69, 9.17) is 16.7 Å². The summed E-state index contributed by atoms with van der Waals surface area (Å²) in [6, 6.07) is 5.22. The Morgan fingerprint density at radius 3 is 1.31 bits per heavy atom. The van der Waals surface area contributed by atoms with Crippen molar-refractivity contribution in [3.63, 3.8) is 0 Å². The molecule has 0 unspecified atom stereocenters. The number of benzene rings is 3. The molecule has 0 heterocycles. The number of amides is 1. The molecule has 0 fully saturated rings. The fourth-order valence-electron chi connectivity index (χ4n) is 6.50. The van der Waals surface area contributed by atoms with Gasteiger partial charge < -0.3 is 15.1 Å². The molecule has 1 amide bonds. The van der Waals surface area contributed by atoms with Crippen LogP contribution in [0.15, 0.2) is 35.2 Å². The summed E-state index contributed by atoms with van der Waals surface area (Å²) >= 11 is 5.70. The molecular formula is C38H53ClN10O15S. The molecule has 0 aromatic heterocycles. The number of aryl methyl sites for hydroxylation is 2. The lowest BCUT2D eigenvalue weighted by Gasteiger charge is -2.23. The molecule has 0 radical (unpaired) electrons. The zero-order chi connectivity index (χ0) is 50.1. The third-order valence-electron chi connectivity index (χ3n) is 9.56. The summed E-state index contributed by atoms with van der Waals surface area (Å²) in [4.78, 5) is 77.9. The first-order valence-electron chi connectivity index (χ1n) is 20.0. The quantitative estimate of drug-likeness (QED) is 0.0578. The SMILES string of the molecule is CCC(CC)NC(=O)c1c([N+](=O)[O-])cc(C)c(C)c1[N+](=O)[O-].CCCN(CCC)c1c([N+](=O)[O-])cc(S(N)(=O)=O)cc1[N+](=O)[O-].CCCN(CCCl)c1c([N+](=O)[O-])cc(C)cc1[N+](=O)[O-]. The summed E-state index contributed by atoms with van der Waals surface area (Å²) in [6.45, 7) is 15.4. The van der Waals surface area contributed by atoms with Gasteiger partial charge in [-0.3, -0.25) is 65.5 Å². The second-order valence-corrected chi connectivity index (χ2v) is 16.2. The van der Waals surface area contributed by atoms with Crippen LogP contribution in [0.25, 0.3) is 0 Å². The molecule has 0 aliphatic rings. The molecule has 65 heavy (non-hydrogen) atoms. The van der Waals surface area contributed by atoms with Gasteiger partial charge in [0.05, 0.1) is 34.4 Å². The topological polar surface area (TPSA) is 355 Å². The smallest absolute Gasteiger partial charge is 0.301 e. The van der Waals surface area contributed by atoms with Crippen LogP contribution in [0.5, 0.6) is 0 Å². The molecule has 3 aromatic rings. The van der Waals surface area contributed by atoms with Gasteiger partial charge in [-0.15, -0.1) is 11.6 Å². The molecule has 0 spiro atoms. The number of carbonyl (C=O) groups excluding carboxylic acids is 1. The van der Waals surface area contributed by atoms with E-state index in [0.717, 1.165) is 12.1 Å². The Balaban J connectivity index is 0.000000489. The number of hydrogen-bond acceptors (Lipinski definition) is 17. The third-order valence-corrected chi connectivity index (χ3v) is 10.6. The summed E-state index contributed by atoms with van der Waals surface area (Å²) in [5.74, 6) is -0.544. The van der Waals surface area contributed by atoms with Crippen molar-refractivity contribution in [2.75, 3.05) is 41.9 Å². The number of nitrogens with two attached hydrogens (primary N) is 1. The lowest BCUT2D eigenvalue weighted by Crippen LogP contribution is -2.34. The average molecular weight is 957 g/mol. The molecule has 0 bridgehead atoms. The first kappa shape index (κ1) is 56.3. The Hall–Kier alpha value is -6.67. The van der Waals surface area contributed by atoms with E-state index in [0.29, 0.717) is 69.4 Å². The molecule has 25 nitrogen and oxygen atoms in total. The predicted molar refractivity (Wildman–Crippen MR) is 243 cm³/mol. The largest absolute Gasteiger partial charge is 0.360 e. The highest BCUT2D eigenvalue weighted by atomic mass is 35.5. The summed E-state index contributed by atoms with van der Waals surface area (Å²) in [6.07, 6.45) is 3.21. The van der Waals surface area contributed by atoms with Crippen molar-refractivity contribution in [2.45, 2.75) is 98.4 Å². The molecule has 358 valence electrons. The molecule has 0 saturated heterocycles. The summed E-state index contributed by atoms with van der Waals surface area (Å²) in [5.41, 5.74) is -2.36. The second-order valence-electron chi connectivity index (χ2n) is 14.3. The van der Waals surface area contributed by atoms with Gasteiger partial charge in [-0.1, -0.05) is 34.6 Å². The van der Waals surface area contributed by atoms with Gasteiger partial charge in [-0.2, -0.15) is 0 Å². The lowest BCUT2D eigenvalue weighted by molar-refractivity contribution is -0.395. The van der Waals surface area contributed by atoms with E-state index in [1.807, 2.05) is 34.6 Å². The highest BCUT2D eigenvalue weighted by molar-refractivity contribution is 7.89.